The summed E-state index contributed by atoms with van der Waals surface area (Å²) in [6, 6.07) is 5.07. The maximum atomic E-state index is 12.5. The van der Waals surface area contributed by atoms with Crippen molar-refractivity contribution in [1.29, 1.82) is 0 Å². The topological polar surface area (TPSA) is 71.8 Å². The number of hydrogen-bond donors (Lipinski definition) is 0. The van der Waals surface area contributed by atoms with E-state index in [1.54, 1.807) is 0 Å². The van der Waals surface area contributed by atoms with Gasteiger partial charge in [-0.05, 0) is 52.8 Å². The lowest BCUT2D eigenvalue weighted by atomic mass is 10.1. The summed E-state index contributed by atoms with van der Waals surface area (Å²) in [6.07, 6.45) is 2.90. The van der Waals surface area contributed by atoms with E-state index in [2.05, 4.69) is 19.6 Å². The highest BCUT2D eigenvalue weighted by atomic mass is 28.3. The quantitative estimate of drug-likeness (QED) is 0.217. The fraction of sp³-hybridized carbons (Fsp3) is 0.680. The van der Waals surface area contributed by atoms with Crippen molar-refractivity contribution in [1.82, 2.24) is 9.55 Å². The summed E-state index contributed by atoms with van der Waals surface area (Å²) in [6.45, 7) is 18.9. The number of carbonyl (C=O) groups is 1. The molecule has 1 unspecified atom stereocenters. The molecule has 1 atom stereocenters. The van der Waals surface area contributed by atoms with Crippen LogP contribution in [-0.4, -0.2) is 55.1 Å². The molecule has 0 amide bonds. The molecular formula is C25H42N2O5Si. The van der Waals surface area contributed by atoms with Gasteiger partial charge in [-0.3, -0.25) is 4.79 Å². The maximum Gasteiger partial charge on any atom is 0.310 e. The number of fused-ring (bicyclic) bond motifs is 1. The fourth-order valence-corrected chi connectivity index (χ4v) is 4.02. The van der Waals surface area contributed by atoms with Gasteiger partial charge in [0, 0.05) is 44.9 Å². The van der Waals surface area contributed by atoms with Crippen molar-refractivity contribution >= 4 is 25.1 Å². The Bertz CT molecular complexity index is 899. The second-order valence-corrected chi connectivity index (χ2v) is 16.3. The van der Waals surface area contributed by atoms with Crippen molar-refractivity contribution in [2.45, 2.75) is 91.6 Å². The van der Waals surface area contributed by atoms with Crippen molar-refractivity contribution in [3.8, 4) is 5.88 Å². The lowest BCUT2D eigenvalue weighted by Gasteiger charge is -2.20. The lowest BCUT2D eigenvalue weighted by Crippen LogP contribution is -2.25. The van der Waals surface area contributed by atoms with Gasteiger partial charge in [0.2, 0.25) is 5.88 Å². The largest absolute Gasteiger partial charge is 0.477 e. The fourth-order valence-electron chi connectivity index (χ4n) is 3.26. The number of rotatable bonds is 13. The van der Waals surface area contributed by atoms with E-state index in [1.165, 1.54) is 0 Å². The summed E-state index contributed by atoms with van der Waals surface area (Å²) in [4.78, 5) is 17.3. The van der Waals surface area contributed by atoms with Crippen LogP contribution < -0.4 is 4.74 Å². The zero-order valence-electron chi connectivity index (χ0n) is 21.7. The zero-order valence-corrected chi connectivity index (χ0v) is 22.7. The van der Waals surface area contributed by atoms with E-state index >= 15 is 0 Å². The molecule has 0 radical (unpaired) electrons. The first-order chi connectivity index (χ1) is 15.4. The molecule has 186 valence electrons. The zero-order chi connectivity index (χ0) is 24.6. The van der Waals surface area contributed by atoms with Gasteiger partial charge in [-0.2, -0.15) is 4.98 Å². The SMILES string of the molecule is CCOC(C)CCOc1nc2c(ccn2COCC[Si](C)(C)C)cc1CC(=O)OC(C)(C)C. The Morgan fingerprint density at radius 2 is 1.94 bits per heavy atom. The van der Waals surface area contributed by atoms with E-state index in [-0.39, 0.29) is 18.5 Å². The molecule has 0 aromatic carbocycles. The predicted octanol–water partition coefficient (Wildman–Crippen LogP) is 5.43. The summed E-state index contributed by atoms with van der Waals surface area (Å²) in [5, 5.41) is 0.942. The molecule has 0 aliphatic rings. The molecule has 0 fully saturated rings. The minimum atomic E-state index is -1.14. The van der Waals surface area contributed by atoms with Crippen LogP contribution >= 0.6 is 0 Å². The van der Waals surface area contributed by atoms with Crippen LogP contribution in [0.2, 0.25) is 25.7 Å². The van der Waals surface area contributed by atoms with Gasteiger partial charge in [0.25, 0.3) is 0 Å². The Hall–Kier alpha value is -1.90. The summed E-state index contributed by atoms with van der Waals surface area (Å²) in [7, 11) is -1.14. The van der Waals surface area contributed by atoms with Crippen molar-refractivity contribution < 1.29 is 23.7 Å². The van der Waals surface area contributed by atoms with E-state index in [1.807, 2.05) is 57.5 Å². The van der Waals surface area contributed by atoms with Crippen LogP contribution in [0, 0.1) is 0 Å². The predicted molar refractivity (Wildman–Crippen MR) is 135 cm³/mol. The molecule has 0 bridgehead atoms. The molecular weight excluding hydrogens is 436 g/mol. The summed E-state index contributed by atoms with van der Waals surface area (Å²) in [5.41, 5.74) is 0.959. The highest BCUT2D eigenvalue weighted by Crippen LogP contribution is 2.25. The van der Waals surface area contributed by atoms with Crippen LogP contribution in [0.25, 0.3) is 11.0 Å². The minimum Gasteiger partial charge on any atom is -0.477 e. The van der Waals surface area contributed by atoms with E-state index in [9.17, 15) is 4.79 Å². The third-order valence-electron chi connectivity index (χ3n) is 4.97. The average Bonchev–Trinajstić information content (AvgIpc) is 3.05. The molecule has 0 aliphatic heterocycles. The number of esters is 1. The van der Waals surface area contributed by atoms with Gasteiger partial charge in [0.15, 0.2) is 0 Å². The number of ether oxygens (including phenoxy) is 4. The molecule has 0 N–H and O–H groups in total. The van der Waals surface area contributed by atoms with Gasteiger partial charge in [0.05, 0.1) is 19.1 Å². The van der Waals surface area contributed by atoms with Crippen LogP contribution in [-0.2, 0) is 32.2 Å². The molecule has 8 heteroatoms. The minimum absolute atomic E-state index is 0.0941. The number of hydrogen-bond acceptors (Lipinski definition) is 6. The van der Waals surface area contributed by atoms with Crippen molar-refractivity contribution in [3.63, 3.8) is 0 Å². The third kappa shape index (κ3) is 9.86. The Labute approximate surface area is 199 Å². The van der Waals surface area contributed by atoms with Crippen LogP contribution in [0.15, 0.2) is 18.3 Å². The first kappa shape index (κ1) is 27.3. The molecule has 2 heterocycles. The highest BCUT2D eigenvalue weighted by Gasteiger charge is 2.20. The number of pyridine rings is 1. The molecule has 0 spiro atoms. The first-order valence-electron chi connectivity index (χ1n) is 11.9. The number of aromatic nitrogens is 2. The molecule has 0 aliphatic carbocycles. The van der Waals surface area contributed by atoms with Crippen molar-refractivity contribution in [2.75, 3.05) is 19.8 Å². The van der Waals surface area contributed by atoms with E-state index < -0.39 is 13.7 Å². The lowest BCUT2D eigenvalue weighted by molar-refractivity contribution is -0.153. The van der Waals surface area contributed by atoms with Crippen LogP contribution in [0.4, 0.5) is 0 Å². The average molecular weight is 479 g/mol. The summed E-state index contributed by atoms with van der Waals surface area (Å²) >= 11 is 0. The smallest absolute Gasteiger partial charge is 0.310 e. The molecule has 33 heavy (non-hydrogen) atoms. The maximum absolute atomic E-state index is 12.5. The highest BCUT2D eigenvalue weighted by molar-refractivity contribution is 6.76. The van der Waals surface area contributed by atoms with E-state index in [0.717, 1.165) is 35.7 Å². The van der Waals surface area contributed by atoms with E-state index in [4.69, 9.17) is 23.9 Å². The second-order valence-electron chi connectivity index (χ2n) is 10.7. The number of carbonyl (C=O) groups excluding carboxylic acids is 1. The van der Waals surface area contributed by atoms with Crippen LogP contribution in [0.3, 0.4) is 0 Å². The van der Waals surface area contributed by atoms with Gasteiger partial charge >= 0.3 is 5.97 Å². The van der Waals surface area contributed by atoms with Crippen LogP contribution in [0.5, 0.6) is 5.88 Å². The summed E-state index contributed by atoms with van der Waals surface area (Å²) in [5.74, 6) is 0.157. The van der Waals surface area contributed by atoms with Gasteiger partial charge in [0.1, 0.15) is 18.0 Å². The van der Waals surface area contributed by atoms with Gasteiger partial charge < -0.3 is 23.5 Å². The second kappa shape index (κ2) is 12.0. The Morgan fingerprint density at radius 3 is 2.58 bits per heavy atom. The Morgan fingerprint density at radius 1 is 1.21 bits per heavy atom. The van der Waals surface area contributed by atoms with Gasteiger partial charge in [-0.25, -0.2) is 0 Å². The van der Waals surface area contributed by atoms with Crippen molar-refractivity contribution in [3.05, 3.63) is 23.9 Å². The normalized spacial score (nSPS) is 13.3. The molecule has 0 saturated carbocycles. The monoisotopic (exact) mass is 478 g/mol. The number of nitrogens with zero attached hydrogens (tertiary/aromatic N) is 2. The third-order valence-corrected chi connectivity index (χ3v) is 6.68. The van der Waals surface area contributed by atoms with E-state index in [0.29, 0.717) is 25.8 Å². The summed E-state index contributed by atoms with van der Waals surface area (Å²) < 4.78 is 25.0. The standard InChI is InChI=1S/C25H42N2O5Si/c1-9-30-19(2)11-13-31-24-21(17-22(28)32-25(3,4)5)16-20-10-12-27(23(20)26-24)18-29-14-15-33(6,7)8/h10,12,16,19H,9,11,13-15,17-18H2,1-8H3. The molecule has 7 nitrogen and oxygen atoms in total. The Kier molecular flexibility index (Phi) is 9.94. The van der Waals surface area contributed by atoms with Crippen molar-refractivity contribution in [2.24, 2.45) is 0 Å². The Balaban J connectivity index is 2.20. The van der Waals surface area contributed by atoms with Crippen LogP contribution in [0.1, 0.15) is 46.6 Å². The molecule has 2 rings (SSSR count). The molecule has 2 aromatic rings. The van der Waals surface area contributed by atoms with Gasteiger partial charge in [-0.15, -0.1) is 0 Å². The first-order valence-corrected chi connectivity index (χ1v) is 15.6. The molecule has 2 aromatic heterocycles. The van der Waals surface area contributed by atoms with Gasteiger partial charge in [-0.1, -0.05) is 19.6 Å². The molecule has 0 saturated heterocycles.